The van der Waals surface area contributed by atoms with Crippen LogP contribution in [0.1, 0.15) is 35.7 Å². The average molecular weight is 489 g/mol. The molecule has 2 N–H and O–H groups in total. The number of fused-ring (bicyclic) bond motifs is 3. The van der Waals surface area contributed by atoms with Crippen LogP contribution in [0.5, 0.6) is 0 Å². The summed E-state index contributed by atoms with van der Waals surface area (Å²) >= 11 is 6.44. The molecule has 3 aromatic rings. The van der Waals surface area contributed by atoms with Crippen molar-refractivity contribution in [1.29, 1.82) is 0 Å². The van der Waals surface area contributed by atoms with E-state index < -0.39 is 5.66 Å². The summed E-state index contributed by atoms with van der Waals surface area (Å²) in [6, 6.07) is 22.2. The van der Waals surface area contributed by atoms with Gasteiger partial charge in [0.05, 0.1) is 22.0 Å². The molecule has 35 heavy (non-hydrogen) atoms. The highest BCUT2D eigenvalue weighted by molar-refractivity contribution is 6.33. The van der Waals surface area contributed by atoms with Gasteiger partial charge in [0.25, 0.3) is 5.91 Å². The minimum Gasteiger partial charge on any atom is -0.380 e. The molecule has 8 heteroatoms. The Kier molecular flexibility index (Phi) is 5.94. The van der Waals surface area contributed by atoms with Crippen LogP contribution in [0.4, 0.5) is 17.1 Å². The first kappa shape index (κ1) is 22.9. The van der Waals surface area contributed by atoms with Crippen LogP contribution in [0.3, 0.4) is 0 Å². The molecule has 1 unspecified atom stereocenters. The average Bonchev–Trinajstić information content (AvgIpc) is 3.17. The summed E-state index contributed by atoms with van der Waals surface area (Å²) in [5, 5.41) is 6.60. The highest BCUT2D eigenvalue weighted by Crippen LogP contribution is 2.43. The molecule has 0 aromatic heterocycles. The van der Waals surface area contributed by atoms with Crippen LogP contribution in [0.25, 0.3) is 0 Å². The van der Waals surface area contributed by atoms with Crippen molar-refractivity contribution in [2.75, 3.05) is 22.1 Å². The van der Waals surface area contributed by atoms with Gasteiger partial charge >= 0.3 is 0 Å². The lowest BCUT2D eigenvalue weighted by molar-refractivity contribution is -0.120. The van der Waals surface area contributed by atoms with Gasteiger partial charge in [-0.25, -0.2) is 0 Å². The molecule has 5 rings (SSSR count). The second-order valence-electron chi connectivity index (χ2n) is 8.94. The molecule has 1 saturated heterocycles. The second kappa shape index (κ2) is 9.07. The van der Waals surface area contributed by atoms with Crippen LogP contribution in [0.15, 0.2) is 72.8 Å². The third-order valence-electron chi connectivity index (χ3n) is 6.63. The number of halogens is 1. The number of benzene rings is 3. The van der Waals surface area contributed by atoms with Gasteiger partial charge in [0.1, 0.15) is 12.2 Å². The van der Waals surface area contributed by atoms with Crippen molar-refractivity contribution in [2.45, 2.75) is 32.0 Å². The second-order valence-corrected chi connectivity index (χ2v) is 9.34. The molecule has 3 amide bonds. The molecule has 1 atom stereocenters. The lowest BCUT2D eigenvalue weighted by Crippen LogP contribution is -2.63. The van der Waals surface area contributed by atoms with Crippen LogP contribution in [-0.2, 0) is 16.1 Å². The summed E-state index contributed by atoms with van der Waals surface area (Å²) in [6.45, 7) is 2.28. The molecule has 1 fully saturated rings. The van der Waals surface area contributed by atoms with Gasteiger partial charge in [-0.15, -0.1) is 0 Å². The molecular formula is C27H25ClN4O3. The van der Waals surface area contributed by atoms with Crippen molar-refractivity contribution in [2.24, 2.45) is 0 Å². The lowest BCUT2D eigenvalue weighted by Gasteiger charge is -2.48. The van der Waals surface area contributed by atoms with E-state index in [1.54, 1.807) is 35.2 Å². The fourth-order valence-corrected chi connectivity index (χ4v) is 5.06. The molecule has 0 aliphatic carbocycles. The third-order valence-corrected chi connectivity index (χ3v) is 6.94. The van der Waals surface area contributed by atoms with E-state index in [4.69, 9.17) is 11.6 Å². The van der Waals surface area contributed by atoms with Gasteiger partial charge in [0.2, 0.25) is 11.8 Å². The number of nitrogens with one attached hydrogen (secondary N) is 2. The molecule has 3 aromatic carbocycles. The molecule has 2 aliphatic heterocycles. The Balaban J connectivity index is 1.30. The normalized spacial score (nSPS) is 18.8. The van der Waals surface area contributed by atoms with E-state index >= 15 is 0 Å². The third kappa shape index (κ3) is 4.23. The highest BCUT2D eigenvalue weighted by atomic mass is 35.5. The first-order valence-corrected chi connectivity index (χ1v) is 11.9. The number of nitrogens with zero attached hydrogens (tertiary/aromatic N) is 2. The fraction of sp³-hybridized carbons (Fsp3) is 0.222. The van der Waals surface area contributed by atoms with E-state index in [1.807, 2.05) is 49.4 Å². The predicted octanol–water partition coefficient (Wildman–Crippen LogP) is 4.89. The van der Waals surface area contributed by atoms with E-state index in [2.05, 4.69) is 10.6 Å². The highest BCUT2D eigenvalue weighted by Gasteiger charge is 2.53. The summed E-state index contributed by atoms with van der Waals surface area (Å²) in [5.41, 5.74) is 2.54. The van der Waals surface area contributed by atoms with Gasteiger partial charge < -0.3 is 15.5 Å². The number of hydrogen-bond donors (Lipinski definition) is 2. The molecule has 0 radical (unpaired) electrons. The topological polar surface area (TPSA) is 81.8 Å². The van der Waals surface area contributed by atoms with Crippen LogP contribution in [0.2, 0.25) is 5.02 Å². The Morgan fingerprint density at radius 2 is 1.77 bits per heavy atom. The number of anilines is 3. The van der Waals surface area contributed by atoms with Gasteiger partial charge in [-0.2, -0.15) is 0 Å². The summed E-state index contributed by atoms with van der Waals surface area (Å²) in [4.78, 5) is 42.1. The number of para-hydroxylation sites is 1. The van der Waals surface area contributed by atoms with Gasteiger partial charge in [-0.05, 0) is 49.2 Å². The molecule has 0 saturated carbocycles. The van der Waals surface area contributed by atoms with E-state index in [9.17, 15) is 14.4 Å². The van der Waals surface area contributed by atoms with E-state index in [0.29, 0.717) is 41.3 Å². The van der Waals surface area contributed by atoms with Gasteiger partial charge in [0.15, 0.2) is 0 Å². The summed E-state index contributed by atoms with van der Waals surface area (Å²) in [7, 11) is 0. The van der Waals surface area contributed by atoms with Crippen molar-refractivity contribution in [1.82, 2.24) is 4.90 Å². The van der Waals surface area contributed by atoms with E-state index in [0.717, 1.165) is 11.3 Å². The summed E-state index contributed by atoms with van der Waals surface area (Å²) in [6.07, 6.45) is 0.788. The maximum Gasteiger partial charge on any atom is 0.258 e. The molecule has 0 bridgehead atoms. The van der Waals surface area contributed by atoms with Crippen molar-refractivity contribution >= 4 is 46.4 Å². The van der Waals surface area contributed by atoms with Crippen molar-refractivity contribution in [3.05, 3.63) is 88.9 Å². The Morgan fingerprint density at radius 3 is 2.54 bits per heavy atom. The number of hydrogen-bond acceptors (Lipinski definition) is 4. The van der Waals surface area contributed by atoms with Gasteiger partial charge in [0, 0.05) is 18.7 Å². The number of rotatable bonds is 6. The van der Waals surface area contributed by atoms with Crippen molar-refractivity contribution in [3.63, 3.8) is 0 Å². The fourth-order valence-electron chi connectivity index (χ4n) is 4.81. The van der Waals surface area contributed by atoms with Gasteiger partial charge in [-0.1, -0.05) is 54.1 Å². The standard InChI is InChI=1S/C27H25ClN4O3/c1-27-14-13-25(34)32(27)23-10-6-5-9-20(23)26(35)31(27)17-24(33)30-19-11-12-22(21(28)15-19)29-16-18-7-3-2-4-8-18/h2-12,15,29H,13-14,16-17H2,1H3,(H,30,33). The maximum absolute atomic E-state index is 13.3. The quantitative estimate of drug-likeness (QED) is 0.517. The summed E-state index contributed by atoms with van der Waals surface area (Å²) in [5.74, 6) is -0.676. The zero-order chi connectivity index (χ0) is 24.6. The van der Waals surface area contributed by atoms with E-state index in [1.165, 1.54) is 4.90 Å². The monoisotopic (exact) mass is 488 g/mol. The smallest absolute Gasteiger partial charge is 0.258 e. The Hall–Kier alpha value is -3.84. The molecule has 7 nitrogen and oxygen atoms in total. The number of carbonyl (C=O) groups excluding carboxylic acids is 3. The zero-order valence-electron chi connectivity index (χ0n) is 19.3. The Morgan fingerprint density at radius 1 is 1.03 bits per heavy atom. The number of carbonyl (C=O) groups is 3. The van der Waals surface area contributed by atoms with Crippen LogP contribution < -0.4 is 15.5 Å². The largest absolute Gasteiger partial charge is 0.380 e. The minimum absolute atomic E-state index is 0.0526. The predicted molar refractivity (Wildman–Crippen MR) is 136 cm³/mol. The van der Waals surface area contributed by atoms with Crippen molar-refractivity contribution < 1.29 is 14.4 Å². The molecular weight excluding hydrogens is 464 g/mol. The Bertz CT molecular complexity index is 1310. The zero-order valence-corrected chi connectivity index (χ0v) is 20.0. The van der Waals surface area contributed by atoms with Crippen LogP contribution >= 0.6 is 11.6 Å². The number of amides is 3. The lowest BCUT2D eigenvalue weighted by atomic mass is 9.98. The minimum atomic E-state index is -0.886. The van der Waals surface area contributed by atoms with Crippen molar-refractivity contribution in [3.8, 4) is 0 Å². The van der Waals surface area contributed by atoms with Gasteiger partial charge in [-0.3, -0.25) is 19.3 Å². The molecule has 2 aliphatic rings. The SMILES string of the molecule is CC12CCC(=O)N1c1ccccc1C(=O)N2CC(=O)Nc1ccc(NCc2ccccc2)c(Cl)c1. The molecule has 178 valence electrons. The maximum atomic E-state index is 13.3. The Labute approximate surface area is 208 Å². The van der Waals surface area contributed by atoms with Crippen LogP contribution in [0, 0.1) is 0 Å². The molecule has 0 spiro atoms. The summed E-state index contributed by atoms with van der Waals surface area (Å²) < 4.78 is 0. The molecule has 2 heterocycles. The first-order chi connectivity index (χ1) is 16.9. The first-order valence-electron chi connectivity index (χ1n) is 11.5. The van der Waals surface area contributed by atoms with E-state index in [-0.39, 0.29) is 24.3 Å². The van der Waals surface area contributed by atoms with Crippen LogP contribution in [-0.4, -0.2) is 34.8 Å².